The topological polar surface area (TPSA) is 63.7 Å². The summed E-state index contributed by atoms with van der Waals surface area (Å²) in [6.07, 6.45) is 0.0149. The lowest BCUT2D eigenvalue weighted by Gasteiger charge is -2.09. The lowest BCUT2D eigenvalue weighted by atomic mass is 10.1. The highest BCUT2D eigenvalue weighted by Gasteiger charge is 2.27. The van der Waals surface area contributed by atoms with Crippen LogP contribution in [-0.2, 0) is 9.53 Å². The second-order valence-corrected chi connectivity index (χ2v) is 4.44. The Balaban J connectivity index is 0.00000116. The Hall–Kier alpha value is -2.50. The molecule has 0 saturated carbocycles. The van der Waals surface area contributed by atoms with Gasteiger partial charge < -0.3 is 4.74 Å². The fourth-order valence-electron chi connectivity index (χ4n) is 1.94. The molecule has 0 N–H and O–H groups in total. The molecule has 1 fully saturated rings. The van der Waals surface area contributed by atoms with E-state index in [0.717, 1.165) is 4.90 Å². The molecule has 1 aliphatic rings. The van der Waals surface area contributed by atoms with Crippen LogP contribution in [0.15, 0.2) is 37.4 Å². The SMILES string of the molecule is C=C.O=C(CCCC(=O)N1CCOC1=O)c1ccc(F)cc1. The Morgan fingerprint density at radius 2 is 1.82 bits per heavy atom. The zero-order chi connectivity index (χ0) is 16.5. The van der Waals surface area contributed by atoms with Crippen molar-refractivity contribution in [3.63, 3.8) is 0 Å². The molecular formula is C16H18FNO4. The van der Waals surface area contributed by atoms with Gasteiger partial charge in [0.1, 0.15) is 12.4 Å². The molecule has 118 valence electrons. The van der Waals surface area contributed by atoms with E-state index in [1.807, 2.05) is 0 Å². The number of benzene rings is 1. The van der Waals surface area contributed by atoms with E-state index < -0.39 is 11.9 Å². The molecule has 0 aromatic heterocycles. The second-order valence-electron chi connectivity index (χ2n) is 4.44. The van der Waals surface area contributed by atoms with Gasteiger partial charge in [-0.3, -0.25) is 9.59 Å². The quantitative estimate of drug-likeness (QED) is 0.620. The average Bonchev–Trinajstić information content (AvgIpc) is 2.96. The van der Waals surface area contributed by atoms with E-state index in [-0.39, 0.29) is 37.7 Å². The maximum Gasteiger partial charge on any atom is 0.416 e. The zero-order valence-electron chi connectivity index (χ0n) is 12.2. The molecule has 0 unspecified atom stereocenters. The number of imide groups is 1. The van der Waals surface area contributed by atoms with Crippen LogP contribution < -0.4 is 0 Å². The van der Waals surface area contributed by atoms with Crippen molar-refractivity contribution in [3.8, 4) is 0 Å². The minimum Gasteiger partial charge on any atom is -0.447 e. The largest absolute Gasteiger partial charge is 0.447 e. The fraction of sp³-hybridized carbons (Fsp3) is 0.312. The maximum absolute atomic E-state index is 12.7. The molecule has 2 rings (SSSR count). The normalized spacial score (nSPS) is 13.1. The Bertz CT molecular complexity index is 542. The molecule has 0 bridgehead atoms. The number of nitrogens with zero attached hydrogens (tertiary/aromatic N) is 1. The van der Waals surface area contributed by atoms with Crippen molar-refractivity contribution in [1.29, 1.82) is 0 Å². The number of cyclic esters (lactones) is 1. The molecule has 1 aliphatic heterocycles. The van der Waals surface area contributed by atoms with Gasteiger partial charge >= 0.3 is 6.09 Å². The van der Waals surface area contributed by atoms with Crippen LogP contribution in [0.5, 0.6) is 0 Å². The standard InChI is InChI=1S/C14H14FNO4.C2H4/c15-11-6-4-10(5-7-11)12(17)2-1-3-13(18)16-8-9-20-14(16)19;1-2/h4-7H,1-3,8-9H2;1-2H2. The molecule has 22 heavy (non-hydrogen) atoms. The van der Waals surface area contributed by atoms with Gasteiger partial charge in [-0.15, -0.1) is 13.2 Å². The van der Waals surface area contributed by atoms with Crippen LogP contribution in [0.25, 0.3) is 0 Å². The summed E-state index contributed by atoms with van der Waals surface area (Å²) in [7, 11) is 0. The summed E-state index contributed by atoms with van der Waals surface area (Å²) in [6.45, 7) is 6.49. The molecule has 6 heteroatoms. The van der Waals surface area contributed by atoms with E-state index in [4.69, 9.17) is 0 Å². The summed E-state index contributed by atoms with van der Waals surface area (Å²) in [6, 6.07) is 5.27. The van der Waals surface area contributed by atoms with Crippen molar-refractivity contribution < 1.29 is 23.5 Å². The summed E-state index contributed by atoms with van der Waals surface area (Å²) >= 11 is 0. The number of carbonyl (C=O) groups is 3. The van der Waals surface area contributed by atoms with E-state index in [2.05, 4.69) is 17.9 Å². The van der Waals surface area contributed by atoms with Crippen LogP contribution in [0.2, 0.25) is 0 Å². The zero-order valence-corrected chi connectivity index (χ0v) is 12.2. The highest BCUT2D eigenvalue weighted by atomic mass is 19.1. The molecule has 1 aromatic rings. The predicted molar refractivity (Wildman–Crippen MR) is 78.9 cm³/mol. The van der Waals surface area contributed by atoms with Crippen molar-refractivity contribution in [2.75, 3.05) is 13.2 Å². The third kappa shape index (κ3) is 4.80. The Labute approximate surface area is 128 Å². The fourth-order valence-corrected chi connectivity index (χ4v) is 1.94. The van der Waals surface area contributed by atoms with Gasteiger partial charge in [0.2, 0.25) is 5.91 Å². The van der Waals surface area contributed by atoms with Crippen LogP contribution >= 0.6 is 0 Å². The minimum atomic E-state index is -0.625. The number of carbonyl (C=O) groups excluding carboxylic acids is 3. The van der Waals surface area contributed by atoms with Crippen LogP contribution in [0.4, 0.5) is 9.18 Å². The lowest BCUT2D eigenvalue weighted by molar-refractivity contribution is -0.127. The van der Waals surface area contributed by atoms with Gasteiger partial charge in [0.15, 0.2) is 5.78 Å². The molecule has 1 heterocycles. The third-order valence-electron chi connectivity index (χ3n) is 3.02. The average molecular weight is 307 g/mol. The highest BCUT2D eigenvalue weighted by molar-refractivity contribution is 5.96. The summed E-state index contributed by atoms with van der Waals surface area (Å²) in [5, 5.41) is 0. The van der Waals surface area contributed by atoms with Gasteiger partial charge in [-0.1, -0.05) is 0 Å². The minimum absolute atomic E-state index is 0.113. The highest BCUT2D eigenvalue weighted by Crippen LogP contribution is 2.11. The van der Waals surface area contributed by atoms with E-state index in [9.17, 15) is 18.8 Å². The number of Topliss-reactive ketones (excluding diaryl/α,β-unsaturated/α-hetero) is 1. The summed E-state index contributed by atoms with van der Waals surface area (Å²) in [5.41, 5.74) is 0.416. The monoisotopic (exact) mass is 307 g/mol. The van der Waals surface area contributed by atoms with Gasteiger partial charge in [-0.2, -0.15) is 0 Å². The number of hydrogen-bond acceptors (Lipinski definition) is 4. The first-order chi connectivity index (χ1) is 10.6. The van der Waals surface area contributed by atoms with Crippen LogP contribution in [-0.4, -0.2) is 35.8 Å². The smallest absolute Gasteiger partial charge is 0.416 e. The van der Waals surface area contributed by atoms with Gasteiger partial charge in [0, 0.05) is 18.4 Å². The summed E-state index contributed by atoms with van der Waals surface area (Å²) in [5.74, 6) is -0.884. The van der Waals surface area contributed by atoms with Gasteiger partial charge in [0.05, 0.1) is 6.54 Å². The third-order valence-corrected chi connectivity index (χ3v) is 3.02. The van der Waals surface area contributed by atoms with Crippen molar-refractivity contribution in [3.05, 3.63) is 48.8 Å². The number of halogens is 1. The summed E-state index contributed by atoms with van der Waals surface area (Å²) < 4.78 is 17.4. The van der Waals surface area contributed by atoms with Gasteiger partial charge in [0.25, 0.3) is 0 Å². The molecule has 5 nitrogen and oxygen atoms in total. The van der Waals surface area contributed by atoms with Crippen molar-refractivity contribution >= 4 is 17.8 Å². The molecule has 0 aliphatic carbocycles. The summed E-state index contributed by atoms with van der Waals surface area (Å²) in [4.78, 5) is 35.7. The number of amides is 2. The van der Waals surface area contributed by atoms with E-state index in [0.29, 0.717) is 12.0 Å². The molecule has 1 saturated heterocycles. The second kappa shape index (κ2) is 8.71. The van der Waals surface area contributed by atoms with Crippen LogP contribution in [0, 0.1) is 5.82 Å². The van der Waals surface area contributed by atoms with Crippen molar-refractivity contribution in [2.45, 2.75) is 19.3 Å². The molecule has 0 atom stereocenters. The Kier molecular flexibility index (Phi) is 6.95. The number of hydrogen-bond donors (Lipinski definition) is 0. The number of rotatable bonds is 5. The predicted octanol–water partition coefficient (Wildman–Crippen LogP) is 2.96. The van der Waals surface area contributed by atoms with Gasteiger partial charge in [-0.25, -0.2) is 14.1 Å². The first kappa shape index (κ1) is 17.6. The van der Waals surface area contributed by atoms with Gasteiger partial charge in [-0.05, 0) is 30.7 Å². The first-order valence-corrected chi connectivity index (χ1v) is 6.84. The Morgan fingerprint density at radius 1 is 1.18 bits per heavy atom. The van der Waals surface area contributed by atoms with E-state index >= 15 is 0 Å². The molecule has 0 spiro atoms. The van der Waals surface area contributed by atoms with E-state index in [1.165, 1.54) is 24.3 Å². The lowest BCUT2D eigenvalue weighted by Crippen LogP contribution is -2.31. The molecule has 0 radical (unpaired) electrons. The van der Waals surface area contributed by atoms with E-state index in [1.54, 1.807) is 0 Å². The van der Waals surface area contributed by atoms with Crippen LogP contribution in [0.3, 0.4) is 0 Å². The maximum atomic E-state index is 12.7. The number of ether oxygens (including phenoxy) is 1. The molecule has 1 aromatic carbocycles. The Morgan fingerprint density at radius 3 is 2.36 bits per heavy atom. The van der Waals surface area contributed by atoms with Crippen molar-refractivity contribution in [2.24, 2.45) is 0 Å². The van der Waals surface area contributed by atoms with Crippen molar-refractivity contribution in [1.82, 2.24) is 4.90 Å². The molecule has 2 amide bonds. The van der Waals surface area contributed by atoms with Crippen LogP contribution in [0.1, 0.15) is 29.6 Å². The molecular weight excluding hydrogens is 289 g/mol. The first-order valence-electron chi connectivity index (χ1n) is 6.84. The number of ketones is 1.